The zero-order valence-electron chi connectivity index (χ0n) is 12.4. The topological polar surface area (TPSA) is 54.0 Å². The number of esters is 1. The van der Waals surface area contributed by atoms with Gasteiger partial charge >= 0.3 is 14.8 Å². The molecule has 6 heteroatoms. The molecule has 0 fully saturated rings. The van der Waals surface area contributed by atoms with Crippen LogP contribution in [0.4, 0.5) is 0 Å². The Hall–Kier alpha value is -0.693. The lowest BCUT2D eigenvalue weighted by Gasteiger charge is -2.28. The van der Waals surface area contributed by atoms with Gasteiger partial charge in [-0.15, -0.1) is 0 Å². The van der Waals surface area contributed by atoms with Crippen molar-refractivity contribution in [3.63, 3.8) is 0 Å². The third-order valence-corrected chi connectivity index (χ3v) is 4.85. The normalized spacial score (nSPS) is 13.1. The van der Waals surface area contributed by atoms with Gasteiger partial charge in [-0.1, -0.05) is 6.58 Å². The lowest BCUT2D eigenvalue weighted by molar-refractivity contribution is -0.138. The standard InChI is InChI=1S/C13H26O5Si/c1-6-13(14)15-11-9-10-12(4)18-19(5,16-7-2)17-8-3/h6,12H,1,7-11H2,2-5H3. The highest BCUT2D eigenvalue weighted by atomic mass is 28.4. The van der Waals surface area contributed by atoms with Crippen LogP contribution >= 0.6 is 0 Å². The van der Waals surface area contributed by atoms with Crippen LogP contribution in [0.1, 0.15) is 33.6 Å². The average Bonchev–Trinajstić information content (AvgIpc) is 2.34. The third kappa shape index (κ3) is 8.93. The minimum absolute atomic E-state index is 0.0113. The molecule has 0 aromatic heterocycles. The highest BCUT2D eigenvalue weighted by Gasteiger charge is 2.35. The first kappa shape index (κ1) is 18.3. The fraction of sp³-hybridized carbons (Fsp3) is 0.769. The van der Waals surface area contributed by atoms with Gasteiger partial charge in [0.1, 0.15) is 0 Å². The molecule has 19 heavy (non-hydrogen) atoms. The van der Waals surface area contributed by atoms with Gasteiger partial charge in [0, 0.05) is 31.9 Å². The van der Waals surface area contributed by atoms with Crippen molar-refractivity contribution < 1.29 is 22.8 Å². The third-order valence-electron chi connectivity index (χ3n) is 2.39. The number of hydrogen-bond acceptors (Lipinski definition) is 5. The molecule has 0 aliphatic rings. The molecule has 0 aromatic rings. The minimum atomic E-state index is -2.53. The van der Waals surface area contributed by atoms with Crippen molar-refractivity contribution in [2.75, 3.05) is 19.8 Å². The Bertz CT molecular complexity index is 264. The molecule has 1 unspecified atom stereocenters. The second-order valence-corrected chi connectivity index (χ2v) is 6.71. The Kier molecular flexibility index (Phi) is 9.77. The molecule has 0 radical (unpaired) electrons. The van der Waals surface area contributed by atoms with E-state index in [9.17, 15) is 4.79 Å². The Morgan fingerprint density at radius 2 is 1.89 bits per heavy atom. The summed E-state index contributed by atoms with van der Waals surface area (Å²) in [5.41, 5.74) is 0. The summed E-state index contributed by atoms with van der Waals surface area (Å²) in [6, 6.07) is 0. The fourth-order valence-corrected chi connectivity index (χ4v) is 3.78. The van der Waals surface area contributed by atoms with E-state index in [0.717, 1.165) is 18.9 Å². The van der Waals surface area contributed by atoms with E-state index in [2.05, 4.69) is 6.58 Å². The summed E-state index contributed by atoms with van der Waals surface area (Å²) in [4.78, 5) is 10.9. The monoisotopic (exact) mass is 290 g/mol. The van der Waals surface area contributed by atoms with E-state index in [-0.39, 0.29) is 6.10 Å². The molecule has 0 saturated heterocycles. The Labute approximate surface area is 117 Å². The van der Waals surface area contributed by atoms with Crippen LogP contribution < -0.4 is 0 Å². The van der Waals surface area contributed by atoms with E-state index >= 15 is 0 Å². The Morgan fingerprint density at radius 3 is 2.37 bits per heavy atom. The van der Waals surface area contributed by atoms with Gasteiger partial charge in [0.2, 0.25) is 0 Å². The average molecular weight is 290 g/mol. The molecule has 1 atom stereocenters. The van der Waals surface area contributed by atoms with Gasteiger partial charge in [0.15, 0.2) is 0 Å². The maximum atomic E-state index is 10.9. The van der Waals surface area contributed by atoms with Crippen LogP contribution in [-0.4, -0.2) is 40.7 Å². The van der Waals surface area contributed by atoms with E-state index in [4.69, 9.17) is 18.0 Å². The molecule has 0 aliphatic carbocycles. The highest BCUT2D eigenvalue weighted by Crippen LogP contribution is 2.15. The second-order valence-electron chi connectivity index (χ2n) is 4.17. The van der Waals surface area contributed by atoms with Crippen molar-refractivity contribution >= 4 is 14.8 Å². The molecule has 0 aromatic carbocycles. The van der Waals surface area contributed by atoms with Crippen LogP contribution in [0.25, 0.3) is 0 Å². The van der Waals surface area contributed by atoms with Crippen molar-refractivity contribution in [2.45, 2.75) is 46.3 Å². The predicted octanol–water partition coefficient (Wildman–Crippen LogP) is 2.54. The highest BCUT2D eigenvalue weighted by molar-refractivity contribution is 6.59. The van der Waals surface area contributed by atoms with Crippen molar-refractivity contribution in [2.24, 2.45) is 0 Å². The molecule has 0 spiro atoms. The molecule has 0 aliphatic heterocycles. The summed E-state index contributed by atoms with van der Waals surface area (Å²) >= 11 is 0. The van der Waals surface area contributed by atoms with Gasteiger partial charge in [-0.2, -0.15) is 0 Å². The summed E-state index contributed by atoms with van der Waals surface area (Å²) < 4.78 is 22.0. The number of carbonyl (C=O) groups is 1. The number of ether oxygens (including phenoxy) is 1. The summed E-state index contributed by atoms with van der Waals surface area (Å²) in [5.74, 6) is -0.392. The summed E-state index contributed by atoms with van der Waals surface area (Å²) in [6.07, 6.45) is 2.70. The zero-order chi connectivity index (χ0) is 14.7. The molecular formula is C13H26O5Si. The minimum Gasteiger partial charge on any atom is -0.463 e. The maximum Gasteiger partial charge on any atom is 0.497 e. The van der Waals surface area contributed by atoms with Gasteiger partial charge < -0.3 is 18.0 Å². The van der Waals surface area contributed by atoms with Crippen molar-refractivity contribution in [3.8, 4) is 0 Å². The molecule has 112 valence electrons. The Balaban J connectivity index is 3.95. The quantitative estimate of drug-likeness (QED) is 0.253. The number of rotatable bonds is 11. The molecule has 5 nitrogen and oxygen atoms in total. The van der Waals surface area contributed by atoms with Crippen LogP contribution in [0.3, 0.4) is 0 Å². The van der Waals surface area contributed by atoms with E-state index in [1.165, 1.54) is 0 Å². The smallest absolute Gasteiger partial charge is 0.463 e. The molecule has 0 rings (SSSR count). The van der Waals surface area contributed by atoms with Crippen LogP contribution in [-0.2, 0) is 22.8 Å². The molecule has 0 heterocycles. The first-order valence-corrected chi connectivity index (χ1v) is 8.94. The Morgan fingerprint density at radius 1 is 1.32 bits per heavy atom. The zero-order valence-corrected chi connectivity index (χ0v) is 13.4. The van der Waals surface area contributed by atoms with Crippen LogP contribution in [0, 0.1) is 0 Å². The fourth-order valence-electron chi connectivity index (χ4n) is 1.66. The van der Waals surface area contributed by atoms with Gasteiger partial charge in [-0.3, -0.25) is 0 Å². The van der Waals surface area contributed by atoms with Crippen molar-refractivity contribution in [1.82, 2.24) is 0 Å². The van der Waals surface area contributed by atoms with E-state index in [0.29, 0.717) is 19.8 Å². The van der Waals surface area contributed by atoms with E-state index in [1.54, 1.807) is 0 Å². The van der Waals surface area contributed by atoms with Gasteiger partial charge in [-0.05, 0) is 33.6 Å². The van der Waals surface area contributed by atoms with Crippen molar-refractivity contribution in [3.05, 3.63) is 12.7 Å². The SMILES string of the molecule is C=CC(=O)OCCCC(C)O[Si](C)(OCC)OCC. The molecular weight excluding hydrogens is 264 g/mol. The van der Waals surface area contributed by atoms with E-state index < -0.39 is 14.8 Å². The van der Waals surface area contributed by atoms with Crippen LogP contribution in [0.2, 0.25) is 6.55 Å². The molecule has 0 amide bonds. The van der Waals surface area contributed by atoms with Gasteiger partial charge in [0.25, 0.3) is 0 Å². The lowest BCUT2D eigenvalue weighted by atomic mass is 10.2. The summed E-state index contributed by atoms with van der Waals surface area (Å²) in [6.45, 7) is 12.6. The first-order chi connectivity index (χ1) is 8.97. The van der Waals surface area contributed by atoms with Crippen LogP contribution in [0.5, 0.6) is 0 Å². The maximum absolute atomic E-state index is 10.9. The molecule has 0 bridgehead atoms. The van der Waals surface area contributed by atoms with Gasteiger partial charge in [-0.25, -0.2) is 4.79 Å². The molecule has 0 saturated carbocycles. The number of carbonyl (C=O) groups excluding carboxylic acids is 1. The van der Waals surface area contributed by atoms with Gasteiger partial charge in [0.05, 0.1) is 6.61 Å². The number of hydrogen-bond donors (Lipinski definition) is 0. The first-order valence-electron chi connectivity index (χ1n) is 6.72. The summed E-state index contributed by atoms with van der Waals surface area (Å²) in [5, 5.41) is 0. The van der Waals surface area contributed by atoms with Crippen LogP contribution in [0.15, 0.2) is 12.7 Å². The predicted molar refractivity (Wildman–Crippen MR) is 75.8 cm³/mol. The lowest BCUT2D eigenvalue weighted by Crippen LogP contribution is -2.45. The second kappa shape index (κ2) is 10.1. The van der Waals surface area contributed by atoms with Crippen molar-refractivity contribution in [1.29, 1.82) is 0 Å². The van der Waals surface area contributed by atoms with E-state index in [1.807, 2.05) is 27.3 Å². The summed E-state index contributed by atoms with van der Waals surface area (Å²) in [7, 11) is -2.53. The largest absolute Gasteiger partial charge is 0.497 e. The molecule has 0 N–H and O–H groups in total.